The summed E-state index contributed by atoms with van der Waals surface area (Å²) in [5, 5.41) is 14.6. The van der Waals surface area contributed by atoms with E-state index in [1.807, 2.05) is 48.9 Å². The number of aromatic amines is 1. The van der Waals surface area contributed by atoms with Crippen molar-refractivity contribution >= 4 is 5.91 Å². The maximum Gasteiger partial charge on any atom is 0.269 e. The number of carbonyl (C=O) groups excluding carboxylic acids is 1. The van der Waals surface area contributed by atoms with Crippen LogP contribution in [0.3, 0.4) is 0 Å². The Bertz CT molecular complexity index is 877. The van der Waals surface area contributed by atoms with Crippen molar-refractivity contribution < 1.29 is 4.79 Å². The number of nitrogens with zero attached hydrogens (tertiary/aromatic N) is 3. The van der Waals surface area contributed by atoms with Crippen LogP contribution in [0.2, 0.25) is 0 Å². The quantitative estimate of drug-likeness (QED) is 0.749. The molecular formula is C19H23N5O. The summed E-state index contributed by atoms with van der Waals surface area (Å²) < 4.78 is 1.98. The third-order valence-electron chi connectivity index (χ3n) is 4.19. The van der Waals surface area contributed by atoms with Gasteiger partial charge in [-0.05, 0) is 39.3 Å². The molecule has 0 aliphatic carbocycles. The predicted octanol–water partition coefficient (Wildman–Crippen LogP) is 3.40. The highest BCUT2D eigenvalue weighted by atomic mass is 16.1. The van der Waals surface area contributed by atoms with Gasteiger partial charge in [0.05, 0.1) is 11.4 Å². The van der Waals surface area contributed by atoms with E-state index in [-0.39, 0.29) is 11.9 Å². The maximum atomic E-state index is 12.3. The predicted molar refractivity (Wildman–Crippen MR) is 97.3 cm³/mol. The fourth-order valence-electron chi connectivity index (χ4n) is 2.98. The van der Waals surface area contributed by atoms with Gasteiger partial charge in [-0.1, -0.05) is 30.3 Å². The molecule has 0 saturated heterocycles. The molecule has 0 aliphatic rings. The lowest BCUT2D eigenvalue weighted by Crippen LogP contribution is -2.23. The molecule has 6 nitrogen and oxygen atoms in total. The summed E-state index contributed by atoms with van der Waals surface area (Å²) in [5.41, 5.74) is 5.19. The van der Waals surface area contributed by atoms with Crippen molar-refractivity contribution in [2.75, 3.05) is 0 Å². The fraction of sp³-hybridized carbons (Fsp3) is 0.316. The van der Waals surface area contributed by atoms with Crippen molar-refractivity contribution in [3.63, 3.8) is 0 Å². The number of H-pyrrole nitrogens is 1. The highest BCUT2D eigenvalue weighted by molar-refractivity contribution is 5.93. The summed E-state index contributed by atoms with van der Waals surface area (Å²) in [5.74, 6) is -0.172. The van der Waals surface area contributed by atoms with Gasteiger partial charge in [-0.2, -0.15) is 10.2 Å². The molecule has 3 aromatic rings. The van der Waals surface area contributed by atoms with Crippen LogP contribution in [-0.4, -0.2) is 25.9 Å². The number of aryl methyl sites for hydroxylation is 1. The molecule has 1 aromatic carbocycles. The van der Waals surface area contributed by atoms with Gasteiger partial charge in [-0.25, -0.2) is 0 Å². The Morgan fingerprint density at radius 3 is 2.60 bits per heavy atom. The van der Waals surface area contributed by atoms with Gasteiger partial charge in [0, 0.05) is 23.8 Å². The number of hydrogen-bond acceptors (Lipinski definition) is 3. The Morgan fingerprint density at radius 2 is 1.96 bits per heavy atom. The molecule has 0 aliphatic heterocycles. The van der Waals surface area contributed by atoms with Gasteiger partial charge < -0.3 is 5.32 Å². The molecular weight excluding hydrogens is 314 g/mol. The Hall–Kier alpha value is -2.89. The van der Waals surface area contributed by atoms with E-state index in [2.05, 4.69) is 34.5 Å². The van der Waals surface area contributed by atoms with Gasteiger partial charge in [-0.15, -0.1) is 0 Å². The van der Waals surface area contributed by atoms with Crippen LogP contribution in [0.1, 0.15) is 47.3 Å². The molecule has 2 N–H and O–H groups in total. The van der Waals surface area contributed by atoms with E-state index in [9.17, 15) is 4.79 Å². The fourth-order valence-corrected chi connectivity index (χ4v) is 2.98. The zero-order valence-electron chi connectivity index (χ0n) is 15.0. The second kappa shape index (κ2) is 6.93. The summed E-state index contributed by atoms with van der Waals surface area (Å²) in [4.78, 5) is 12.3. The average molecular weight is 337 g/mol. The number of nitrogens with one attached hydrogen (secondary N) is 2. The van der Waals surface area contributed by atoms with Crippen LogP contribution in [0.5, 0.6) is 0 Å². The number of hydrogen-bond donors (Lipinski definition) is 2. The number of amides is 1. The molecule has 6 heteroatoms. The van der Waals surface area contributed by atoms with Crippen LogP contribution in [0, 0.1) is 13.8 Å². The second-order valence-corrected chi connectivity index (χ2v) is 6.42. The number of rotatable bonds is 5. The lowest BCUT2D eigenvalue weighted by Gasteiger charge is -2.07. The van der Waals surface area contributed by atoms with E-state index < -0.39 is 0 Å². The minimum absolute atomic E-state index is 0.172. The van der Waals surface area contributed by atoms with E-state index >= 15 is 0 Å². The third kappa shape index (κ3) is 3.47. The van der Waals surface area contributed by atoms with E-state index in [0.717, 1.165) is 28.2 Å². The van der Waals surface area contributed by atoms with Crippen LogP contribution in [-0.2, 0) is 6.54 Å². The first-order valence-corrected chi connectivity index (χ1v) is 8.41. The smallest absolute Gasteiger partial charge is 0.269 e. The van der Waals surface area contributed by atoms with Gasteiger partial charge in [0.1, 0.15) is 5.69 Å². The Morgan fingerprint density at radius 1 is 1.24 bits per heavy atom. The molecule has 25 heavy (non-hydrogen) atoms. The monoisotopic (exact) mass is 337 g/mol. The van der Waals surface area contributed by atoms with E-state index in [1.165, 1.54) is 0 Å². The molecule has 0 unspecified atom stereocenters. The molecule has 0 fully saturated rings. The summed E-state index contributed by atoms with van der Waals surface area (Å²) in [6.07, 6.45) is 0. The van der Waals surface area contributed by atoms with Gasteiger partial charge in [0.25, 0.3) is 5.91 Å². The minimum atomic E-state index is -0.172. The molecule has 130 valence electrons. The second-order valence-electron chi connectivity index (χ2n) is 6.42. The molecule has 0 saturated carbocycles. The average Bonchev–Trinajstić information content (AvgIpc) is 3.18. The largest absolute Gasteiger partial charge is 0.347 e. The SMILES string of the molecule is Cc1nn(C(C)C)c(C)c1-c1cc(C(=O)NCc2ccccc2)[nH]n1. The topological polar surface area (TPSA) is 75.6 Å². The summed E-state index contributed by atoms with van der Waals surface area (Å²) in [7, 11) is 0. The van der Waals surface area contributed by atoms with Crippen molar-refractivity contribution in [2.24, 2.45) is 0 Å². The molecule has 1 amide bonds. The van der Waals surface area contributed by atoms with Gasteiger partial charge in [0.15, 0.2) is 0 Å². The Balaban J connectivity index is 1.77. The lowest BCUT2D eigenvalue weighted by atomic mass is 10.1. The van der Waals surface area contributed by atoms with E-state index in [0.29, 0.717) is 12.2 Å². The molecule has 2 aromatic heterocycles. The van der Waals surface area contributed by atoms with Crippen molar-refractivity contribution in [1.29, 1.82) is 0 Å². The van der Waals surface area contributed by atoms with Crippen LogP contribution in [0.4, 0.5) is 0 Å². The number of benzene rings is 1. The molecule has 0 atom stereocenters. The zero-order chi connectivity index (χ0) is 18.0. The van der Waals surface area contributed by atoms with Crippen molar-refractivity contribution in [3.8, 4) is 11.3 Å². The molecule has 0 bridgehead atoms. The first-order valence-electron chi connectivity index (χ1n) is 8.41. The molecule has 2 heterocycles. The first-order chi connectivity index (χ1) is 12.0. The standard InChI is InChI=1S/C19H23N5O/c1-12(2)24-14(4)18(13(3)23-24)16-10-17(22-21-16)19(25)20-11-15-8-6-5-7-9-15/h5-10,12H,11H2,1-4H3,(H,20,25)(H,21,22). The first kappa shape index (κ1) is 17.0. The number of aromatic nitrogens is 4. The lowest BCUT2D eigenvalue weighted by molar-refractivity contribution is 0.0946. The third-order valence-corrected chi connectivity index (χ3v) is 4.19. The van der Waals surface area contributed by atoms with Gasteiger partial charge in [-0.3, -0.25) is 14.6 Å². The van der Waals surface area contributed by atoms with Crippen molar-refractivity contribution in [3.05, 3.63) is 59.0 Å². The zero-order valence-corrected chi connectivity index (χ0v) is 15.0. The normalized spacial score (nSPS) is 11.1. The summed E-state index contributed by atoms with van der Waals surface area (Å²) in [6.45, 7) is 8.66. The van der Waals surface area contributed by atoms with E-state index in [1.54, 1.807) is 6.07 Å². The van der Waals surface area contributed by atoms with Crippen molar-refractivity contribution in [2.45, 2.75) is 40.3 Å². The maximum absolute atomic E-state index is 12.3. The van der Waals surface area contributed by atoms with Gasteiger partial charge >= 0.3 is 0 Å². The van der Waals surface area contributed by atoms with Crippen LogP contribution in [0.25, 0.3) is 11.3 Å². The Labute approximate surface area is 147 Å². The summed E-state index contributed by atoms with van der Waals surface area (Å²) >= 11 is 0. The highest BCUT2D eigenvalue weighted by Gasteiger charge is 2.19. The molecule has 0 spiro atoms. The summed E-state index contributed by atoms with van der Waals surface area (Å²) in [6, 6.07) is 11.9. The van der Waals surface area contributed by atoms with E-state index in [4.69, 9.17) is 0 Å². The minimum Gasteiger partial charge on any atom is -0.347 e. The van der Waals surface area contributed by atoms with Gasteiger partial charge in [0.2, 0.25) is 0 Å². The van der Waals surface area contributed by atoms with Crippen LogP contribution in [0.15, 0.2) is 36.4 Å². The Kier molecular flexibility index (Phi) is 4.70. The number of carbonyl (C=O) groups is 1. The van der Waals surface area contributed by atoms with Crippen LogP contribution >= 0.6 is 0 Å². The van der Waals surface area contributed by atoms with Crippen molar-refractivity contribution in [1.82, 2.24) is 25.3 Å². The molecule has 3 rings (SSSR count). The highest BCUT2D eigenvalue weighted by Crippen LogP contribution is 2.27. The molecule has 0 radical (unpaired) electrons. The van der Waals surface area contributed by atoms with Crippen LogP contribution < -0.4 is 5.32 Å².